The zero-order chi connectivity index (χ0) is 11.1. The van der Waals surface area contributed by atoms with Crippen molar-refractivity contribution in [2.75, 3.05) is 12.8 Å². The maximum atomic E-state index is 11.6. The lowest BCUT2D eigenvalue weighted by Crippen LogP contribution is -2.23. The summed E-state index contributed by atoms with van der Waals surface area (Å²) in [7, 11) is 0. The first kappa shape index (κ1) is 11.9. The lowest BCUT2D eigenvalue weighted by atomic mass is 10.1. The van der Waals surface area contributed by atoms with Crippen LogP contribution in [0.15, 0.2) is 36.9 Å². The van der Waals surface area contributed by atoms with Gasteiger partial charge in [0.05, 0.1) is 0 Å². The third-order valence-electron chi connectivity index (χ3n) is 1.91. The molecule has 2 nitrogen and oxygen atoms in total. The van der Waals surface area contributed by atoms with Crippen molar-refractivity contribution in [2.24, 2.45) is 0 Å². The summed E-state index contributed by atoms with van der Waals surface area (Å²) in [4.78, 5) is 11.6. The van der Waals surface area contributed by atoms with Crippen LogP contribution in [0.2, 0.25) is 0 Å². The fourth-order valence-corrected chi connectivity index (χ4v) is 1.75. The van der Waals surface area contributed by atoms with E-state index >= 15 is 0 Å². The molecule has 0 saturated heterocycles. The van der Waals surface area contributed by atoms with E-state index < -0.39 is 0 Å². The summed E-state index contributed by atoms with van der Waals surface area (Å²) in [6.45, 7) is 4.06. The summed E-state index contributed by atoms with van der Waals surface area (Å²) in [6.07, 6.45) is 3.72. The third kappa shape index (κ3) is 3.80. The van der Waals surface area contributed by atoms with Crippen molar-refractivity contribution in [2.45, 2.75) is 5.75 Å². The molecule has 1 aromatic rings. The molecule has 0 heterocycles. The fraction of sp³-hybridized carbons (Fsp3) is 0.250. The van der Waals surface area contributed by atoms with Gasteiger partial charge in [-0.1, -0.05) is 18.2 Å². The molecular formula is C12H15NOS. The number of thioether (sulfide) groups is 1. The smallest absolute Gasteiger partial charge is 0.251 e. The van der Waals surface area contributed by atoms with Gasteiger partial charge in [-0.3, -0.25) is 4.79 Å². The Labute approximate surface area is 94.8 Å². The highest BCUT2D eigenvalue weighted by atomic mass is 32.2. The number of hydrogen-bond acceptors (Lipinski definition) is 2. The fourth-order valence-electron chi connectivity index (χ4n) is 1.24. The zero-order valence-electron chi connectivity index (χ0n) is 8.82. The zero-order valence-corrected chi connectivity index (χ0v) is 9.64. The molecule has 1 N–H and O–H groups in total. The number of hydrogen-bond donors (Lipinski definition) is 1. The Hall–Kier alpha value is -1.22. The van der Waals surface area contributed by atoms with Crippen LogP contribution in [0.25, 0.3) is 0 Å². The van der Waals surface area contributed by atoms with Gasteiger partial charge in [0, 0.05) is 17.9 Å². The van der Waals surface area contributed by atoms with E-state index in [0.29, 0.717) is 12.1 Å². The molecule has 1 rings (SSSR count). The topological polar surface area (TPSA) is 29.1 Å². The van der Waals surface area contributed by atoms with Crippen LogP contribution in [-0.2, 0) is 5.75 Å². The standard InChI is InChI=1S/C12H15NOS/c1-3-7-13-12(14)11-6-4-5-10(8-11)9-15-2/h3-6,8H,1,7,9H2,2H3,(H,13,14). The van der Waals surface area contributed by atoms with Gasteiger partial charge in [-0.2, -0.15) is 11.8 Å². The molecule has 0 fully saturated rings. The van der Waals surface area contributed by atoms with Crippen molar-refractivity contribution in [1.82, 2.24) is 5.32 Å². The molecule has 80 valence electrons. The van der Waals surface area contributed by atoms with Crippen LogP contribution in [0.4, 0.5) is 0 Å². The molecule has 0 aliphatic heterocycles. The number of carbonyl (C=O) groups excluding carboxylic acids is 1. The van der Waals surface area contributed by atoms with Crippen LogP contribution in [0.5, 0.6) is 0 Å². The van der Waals surface area contributed by atoms with Crippen LogP contribution in [-0.4, -0.2) is 18.7 Å². The largest absolute Gasteiger partial charge is 0.349 e. The van der Waals surface area contributed by atoms with E-state index in [9.17, 15) is 4.79 Å². The second-order valence-electron chi connectivity index (χ2n) is 3.13. The summed E-state index contributed by atoms with van der Waals surface area (Å²) < 4.78 is 0. The van der Waals surface area contributed by atoms with E-state index in [2.05, 4.69) is 11.9 Å². The van der Waals surface area contributed by atoms with Gasteiger partial charge in [0.2, 0.25) is 0 Å². The van der Waals surface area contributed by atoms with Crippen LogP contribution >= 0.6 is 11.8 Å². The maximum absolute atomic E-state index is 11.6. The molecule has 0 aliphatic carbocycles. The molecule has 0 radical (unpaired) electrons. The Morgan fingerprint density at radius 2 is 2.40 bits per heavy atom. The number of rotatable bonds is 5. The molecule has 15 heavy (non-hydrogen) atoms. The average molecular weight is 221 g/mol. The third-order valence-corrected chi connectivity index (χ3v) is 2.53. The van der Waals surface area contributed by atoms with E-state index in [1.165, 1.54) is 5.56 Å². The Balaban J connectivity index is 2.71. The normalized spacial score (nSPS) is 9.67. The Morgan fingerprint density at radius 1 is 1.60 bits per heavy atom. The highest BCUT2D eigenvalue weighted by Gasteiger charge is 2.03. The van der Waals surface area contributed by atoms with Gasteiger partial charge in [0.25, 0.3) is 5.91 Å². The lowest BCUT2D eigenvalue weighted by molar-refractivity contribution is 0.0958. The van der Waals surface area contributed by atoms with Crippen molar-refractivity contribution in [1.29, 1.82) is 0 Å². The predicted molar refractivity (Wildman–Crippen MR) is 66.2 cm³/mol. The molecule has 1 amide bonds. The van der Waals surface area contributed by atoms with E-state index in [0.717, 1.165) is 5.75 Å². The second kappa shape index (κ2) is 6.30. The van der Waals surface area contributed by atoms with E-state index in [4.69, 9.17) is 0 Å². The minimum absolute atomic E-state index is 0.0437. The van der Waals surface area contributed by atoms with Gasteiger partial charge in [0.15, 0.2) is 0 Å². The summed E-state index contributed by atoms with van der Waals surface area (Å²) in [5, 5.41) is 2.75. The van der Waals surface area contributed by atoms with Crippen LogP contribution in [0, 0.1) is 0 Å². The second-order valence-corrected chi connectivity index (χ2v) is 4.00. The predicted octanol–water partition coefficient (Wildman–Crippen LogP) is 2.47. The van der Waals surface area contributed by atoms with Crippen molar-refractivity contribution in [3.63, 3.8) is 0 Å². The minimum atomic E-state index is -0.0437. The first-order valence-corrected chi connectivity index (χ1v) is 6.14. The highest BCUT2D eigenvalue weighted by molar-refractivity contribution is 7.97. The summed E-state index contributed by atoms with van der Waals surface area (Å²) in [6, 6.07) is 7.69. The molecule has 0 bridgehead atoms. The summed E-state index contributed by atoms with van der Waals surface area (Å²) in [5.41, 5.74) is 1.89. The monoisotopic (exact) mass is 221 g/mol. The van der Waals surface area contributed by atoms with Crippen molar-refractivity contribution >= 4 is 17.7 Å². The molecule has 0 unspecified atom stereocenters. The van der Waals surface area contributed by atoms with Crippen LogP contribution in [0.1, 0.15) is 15.9 Å². The number of benzene rings is 1. The molecule has 0 aliphatic rings. The van der Waals surface area contributed by atoms with E-state index in [1.54, 1.807) is 17.8 Å². The number of carbonyl (C=O) groups is 1. The molecule has 0 aromatic heterocycles. The summed E-state index contributed by atoms with van der Waals surface area (Å²) >= 11 is 1.75. The van der Waals surface area contributed by atoms with Crippen molar-refractivity contribution in [3.05, 3.63) is 48.0 Å². The van der Waals surface area contributed by atoms with Crippen LogP contribution < -0.4 is 5.32 Å². The van der Waals surface area contributed by atoms with Gasteiger partial charge in [0.1, 0.15) is 0 Å². The van der Waals surface area contributed by atoms with Crippen molar-refractivity contribution in [3.8, 4) is 0 Å². The highest BCUT2D eigenvalue weighted by Crippen LogP contribution is 2.11. The first-order chi connectivity index (χ1) is 7.27. The SMILES string of the molecule is C=CCNC(=O)c1cccc(CSC)c1. The van der Waals surface area contributed by atoms with E-state index in [1.807, 2.05) is 30.5 Å². The molecule has 0 saturated carbocycles. The molecule has 1 aromatic carbocycles. The Morgan fingerprint density at radius 3 is 3.07 bits per heavy atom. The Kier molecular flexibility index (Phi) is 4.98. The summed E-state index contributed by atoms with van der Waals surface area (Å²) in [5.74, 6) is 0.889. The average Bonchev–Trinajstić information content (AvgIpc) is 2.27. The number of amides is 1. The maximum Gasteiger partial charge on any atom is 0.251 e. The first-order valence-electron chi connectivity index (χ1n) is 4.75. The lowest BCUT2D eigenvalue weighted by Gasteiger charge is -2.04. The molecule has 0 atom stereocenters. The van der Waals surface area contributed by atoms with Gasteiger partial charge < -0.3 is 5.32 Å². The van der Waals surface area contributed by atoms with Crippen LogP contribution in [0.3, 0.4) is 0 Å². The quantitative estimate of drug-likeness (QED) is 0.774. The Bertz CT molecular complexity index is 349. The molecule has 0 spiro atoms. The van der Waals surface area contributed by atoms with Gasteiger partial charge in [-0.05, 0) is 24.0 Å². The van der Waals surface area contributed by atoms with Gasteiger partial charge >= 0.3 is 0 Å². The minimum Gasteiger partial charge on any atom is -0.349 e. The van der Waals surface area contributed by atoms with Crippen molar-refractivity contribution < 1.29 is 4.79 Å². The van der Waals surface area contributed by atoms with Gasteiger partial charge in [-0.25, -0.2) is 0 Å². The molecule has 3 heteroatoms. The number of nitrogens with one attached hydrogen (secondary N) is 1. The van der Waals surface area contributed by atoms with E-state index in [-0.39, 0.29) is 5.91 Å². The molecular weight excluding hydrogens is 206 g/mol. The van der Waals surface area contributed by atoms with Gasteiger partial charge in [-0.15, -0.1) is 6.58 Å².